The second-order valence-electron chi connectivity index (χ2n) is 6.57. The van der Waals surface area contributed by atoms with Crippen LogP contribution in [0.2, 0.25) is 0 Å². The topological polar surface area (TPSA) is 21.7 Å². The fourth-order valence-corrected chi connectivity index (χ4v) is 3.75. The standard InChI is InChI=1S/C22H23NO2.ClH/c1-24-21-12-17-10-11-23(15-19(17)13-22(21)25-2)14-18-8-5-7-16-6-3-4-9-20(16)18;/h3-9,12-13H,10-11,14-15H2,1-2H3;1H. The summed E-state index contributed by atoms with van der Waals surface area (Å²) in [6.45, 7) is 2.97. The first-order valence-corrected chi connectivity index (χ1v) is 8.71. The van der Waals surface area contributed by atoms with Crippen molar-refractivity contribution >= 4 is 23.2 Å². The van der Waals surface area contributed by atoms with E-state index in [1.165, 1.54) is 27.5 Å². The molecule has 3 aromatic rings. The molecule has 136 valence electrons. The Balaban J connectivity index is 0.00000196. The SMILES string of the molecule is COc1cc2c(cc1OC)CN(Cc1cccc3ccccc13)CC2.Cl. The highest BCUT2D eigenvalue weighted by molar-refractivity contribution is 5.86. The van der Waals surface area contributed by atoms with Gasteiger partial charge in [0.15, 0.2) is 11.5 Å². The van der Waals surface area contributed by atoms with E-state index in [0.717, 1.165) is 37.6 Å². The van der Waals surface area contributed by atoms with Gasteiger partial charge in [0.1, 0.15) is 0 Å². The average molecular weight is 370 g/mol. The molecule has 0 saturated carbocycles. The van der Waals surface area contributed by atoms with E-state index < -0.39 is 0 Å². The fraction of sp³-hybridized carbons (Fsp3) is 0.273. The number of benzene rings is 3. The number of nitrogens with zero attached hydrogens (tertiary/aromatic N) is 1. The zero-order valence-electron chi connectivity index (χ0n) is 15.2. The summed E-state index contributed by atoms with van der Waals surface area (Å²) in [6.07, 6.45) is 1.04. The largest absolute Gasteiger partial charge is 0.493 e. The van der Waals surface area contributed by atoms with Crippen LogP contribution in [-0.2, 0) is 19.5 Å². The molecule has 0 amide bonds. The molecule has 3 aromatic carbocycles. The molecule has 0 bridgehead atoms. The summed E-state index contributed by atoms with van der Waals surface area (Å²) in [4.78, 5) is 2.51. The van der Waals surface area contributed by atoms with Crippen LogP contribution in [0.15, 0.2) is 54.6 Å². The first-order chi connectivity index (χ1) is 12.3. The van der Waals surface area contributed by atoms with Gasteiger partial charge < -0.3 is 9.47 Å². The van der Waals surface area contributed by atoms with Crippen molar-refractivity contribution in [2.45, 2.75) is 19.5 Å². The second kappa shape index (κ2) is 7.98. The molecule has 1 aliphatic rings. The van der Waals surface area contributed by atoms with Crippen LogP contribution in [0.5, 0.6) is 11.5 Å². The molecular formula is C22H24ClNO2. The summed E-state index contributed by atoms with van der Waals surface area (Å²) >= 11 is 0. The zero-order valence-corrected chi connectivity index (χ0v) is 16.0. The molecule has 4 rings (SSSR count). The van der Waals surface area contributed by atoms with Crippen LogP contribution >= 0.6 is 12.4 Å². The molecular weight excluding hydrogens is 346 g/mol. The van der Waals surface area contributed by atoms with Crippen molar-refractivity contribution in [3.8, 4) is 11.5 Å². The smallest absolute Gasteiger partial charge is 0.161 e. The van der Waals surface area contributed by atoms with E-state index in [2.05, 4.69) is 59.5 Å². The molecule has 0 aromatic heterocycles. The third-order valence-electron chi connectivity index (χ3n) is 5.07. The lowest BCUT2D eigenvalue weighted by atomic mass is 9.97. The minimum absolute atomic E-state index is 0. The van der Waals surface area contributed by atoms with Crippen molar-refractivity contribution in [2.24, 2.45) is 0 Å². The van der Waals surface area contributed by atoms with E-state index in [-0.39, 0.29) is 12.4 Å². The maximum absolute atomic E-state index is 5.47. The molecule has 3 nitrogen and oxygen atoms in total. The van der Waals surface area contributed by atoms with Crippen LogP contribution in [0.3, 0.4) is 0 Å². The molecule has 26 heavy (non-hydrogen) atoms. The van der Waals surface area contributed by atoms with E-state index in [1.54, 1.807) is 14.2 Å². The van der Waals surface area contributed by atoms with Crippen molar-refractivity contribution in [3.05, 3.63) is 71.3 Å². The van der Waals surface area contributed by atoms with Crippen molar-refractivity contribution in [1.29, 1.82) is 0 Å². The number of fused-ring (bicyclic) bond motifs is 2. The first kappa shape index (κ1) is 18.6. The van der Waals surface area contributed by atoms with Crippen LogP contribution in [0.25, 0.3) is 10.8 Å². The maximum Gasteiger partial charge on any atom is 0.161 e. The molecule has 0 N–H and O–H groups in total. The van der Waals surface area contributed by atoms with Crippen molar-refractivity contribution < 1.29 is 9.47 Å². The van der Waals surface area contributed by atoms with E-state index in [1.807, 2.05) is 0 Å². The normalized spacial score (nSPS) is 13.8. The summed E-state index contributed by atoms with van der Waals surface area (Å²) in [6, 6.07) is 19.5. The summed E-state index contributed by atoms with van der Waals surface area (Å²) in [5, 5.41) is 2.66. The Morgan fingerprint density at radius 1 is 0.885 bits per heavy atom. The Hall–Kier alpha value is -2.23. The summed E-state index contributed by atoms with van der Waals surface area (Å²) < 4.78 is 10.9. The minimum Gasteiger partial charge on any atom is -0.493 e. The van der Waals surface area contributed by atoms with Gasteiger partial charge in [-0.3, -0.25) is 4.90 Å². The van der Waals surface area contributed by atoms with Gasteiger partial charge in [0, 0.05) is 19.6 Å². The Morgan fingerprint density at radius 2 is 1.58 bits per heavy atom. The van der Waals surface area contributed by atoms with Gasteiger partial charge in [0.25, 0.3) is 0 Å². The molecule has 0 fully saturated rings. The molecule has 0 spiro atoms. The van der Waals surface area contributed by atoms with Crippen molar-refractivity contribution in [2.75, 3.05) is 20.8 Å². The lowest BCUT2D eigenvalue weighted by molar-refractivity contribution is 0.245. The van der Waals surface area contributed by atoms with Gasteiger partial charge in [-0.2, -0.15) is 0 Å². The quantitative estimate of drug-likeness (QED) is 0.657. The highest BCUT2D eigenvalue weighted by atomic mass is 35.5. The molecule has 0 atom stereocenters. The van der Waals surface area contributed by atoms with E-state index in [0.29, 0.717) is 0 Å². The Bertz CT molecular complexity index is 905. The van der Waals surface area contributed by atoms with Crippen LogP contribution in [0, 0.1) is 0 Å². The Kier molecular flexibility index (Phi) is 5.70. The van der Waals surface area contributed by atoms with Crippen LogP contribution in [0.4, 0.5) is 0 Å². The monoisotopic (exact) mass is 369 g/mol. The predicted molar refractivity (Wildman–Crippen MR) is 109 cm³/mol. The minimum atomic E-state index is 0. The maximum atomic E-state index is 5.47. The summed E-state index contributed by atoms with van der Waals surface area (Å²) in [7, 11) is 3.39. The fourth-order valence-electron chi connectivity index (χ4n) is 3.75. The number of hydrogen-bond acceptors (Lipinski definition) is 3. The molecule has 1 heterocycles. The van der Waals surface area contributed by atoms with Crippen molar-refractivity contribution in [1.82, 2.24) is 4.90 Å². The highest BCUT2D eigenvalue weighted by Crippen LogP contribution is 2.33. The van der Waals surface area contributed by atoms with Crippen LogP contribution in [0.1, 0.15) is 16.7 Å². The number of halogens is 1. The predicted octanol–water partition coefficient (Wildman–Crippen LogP) is 4.84. The molecule has 0 unspecified atom stereocenters. The molecule has 1 aliphatic heterocycles. The third-order valence-corrected chi connectivity index (χ3v) is 5.07. The molecule has 0 radical (unpaired) electrons. The van der Waals surface area contributed by atoms with E-state index in [9.17, 15) is 0 Å². The Morgan fingerprint density at radius 3 is 2.35 bits per heavy atom. The van der Waals surface area contributed by atoms with E-state index >= 15 is 0 Å². The molecule has 4 heteroatoms. The van der Waals surface area contributed by atoms with Crippen molar-refractivity contribution in [3.63, 3.8) is 0 Å². The molecule has 0 saturated heterocycles. The Labute approximate surface area is 160 Å². The van der Waals surface area contributed by atoms with Gasteiger partial charge in [0.2, 0.25) is 0 Å². The van der Waals surface area contributed by atoms with Gasteiger partial charge in [-0.05, 0) is 46.0 Å². The summed E-state index contributed by atoms with van der Waals surface area (Å²) in [5.41, 5.74) is 4.10. The second-order valence-corrected chi connectivity index (χ2v) is 6.57. The van der Waals surface area contributed by atoms with Gasteiger partial charge in [-0.1, -0.05) is 42.5 Å². The summed E-state index contributed by atoms with van der Waals surface area (Å²) in [5.74, 6) is 1.64. The third kappa shape index (κ3) is 3.50. The highest BCUT2D eigenvalue weighted by Gasteiger charge is 2.20. The number of hydrogen-bond donors (Lipinski definition) is 0. The van der Waals surface area contributed by atoms with Crippen LogP contribution in [-0.4, -0.2) is 25.7 Å². The average Bonchev–Trinajstić information content (AvgIpc) is 2.67. The van der Waals surface area contributed by atoms with E-state index in [4.69, 9.17) is 9.47 Å². The lowest BCUT2D eigenvalue weighted by Gasteiger charge is -2.30. The first-order valence-electron chi connectivity index (χ1n) is 8.71. The van der Waals surface area contributed by atoms with Gasteiger partial charge >= 0.3 is 0 Å². The van der Waals surface area contributed by atoms with Gasteiger partial charge in [-0.15, -0.1) is 12.4 Å². The number of methoxy groups -OCH3 is 2. The van der Waals surface area contributed by atoms with Gasteiger partial charge in [0.05, 0.1) is 14.2 Å². The molecule has 0 aliphatic carbocycles. The van der Waals surface area contributed by atoms with Crippen LogP contribution < -0.4 is 9.47 Å². The lowest BCUT2D eigenvalue weighted by Crippen LogP contribution is -2.30. The van der Waals surface area contributed by atoms with Gasteiger partial charge in [-0.25, -0.2) is 0 Å². The zero-order chi connectivity index (χ0) is 17.2. The number of ether oxygens (including phenoxy) is 2. The number of rotatable bonds is 4.